The molecule has 0 fully saturated rings. The van der Waals surface area contributed by atoms with E-state index >= 15 is 0 Å². The predicted octanol–water partition coefficient (Wildman–Crippen LogP) is 4.32. The van der Waals surface area contributed by atoms with Gasteiger partial charge in [-0.2, -0.15) is 0 Å². The highest BCUT2D eigenvalue weighted by molar-refractivity contribution is 6.31. The number of halogens is 2. The van der Waals surface area contributed by atoms with Crippen LogP contribution in [-0.4, -0.2) is 11.5 Å². The molecule has 1 N–H and O–H groups in total. The average Bonchev–Trinajstić information content (AvgIpc) is 2.87. The summed E-state index contributed by atoms with van der Waals surface area (Å²) >= 11 is 5.99. The number of rotatable bonds is 4. The van der Waals surface area contributed by atoms with Crippen LogP contribution in [-0.2, 0) is 0 Å². The van der Waals surface area contributed by atoms with Crippen molar-refractivity contribution >= 4 is 22.6 Å². The number of fused-ring (bicyclic) bond motifs is 1. The van der Waals surface area contributed by atoms with Crippen molar-refractivity contribution in [2.75, 3.05) is 6.54 Å². The van der Waals surface area contributed by atoms with Crippen LogP contribution in [0.2, 0.25) is 5.02 Å². The van der Waals surface area contributed by atoms with Crippen molar-refractivity contribution in [2.24, 2.45) is 0 Å². The lowest BCUT2D eigenvalue weighted by atomic mass is 10.1. The van der Waals surface area contributed by atoms with Crippen LogP contribution in [0.15, 0.2) is 47.1 Å². The van der Waals surface area contributed by atoms with Crippen LogP contribution >= 0.6 is 11.6 Å². The van der Waals surface area contributed by atoms with Crippen molar-refractivity contribution in [1.29, 1.82) is 0 Å². The zero-order valence-electron chi connectivity index (χ0n) is 11.4. The number of hydrogen-bond acceptors (Lipinski definition) is 3. The fourth-order valence-corrected chi connectivity index (χ4v) is 2.53. The number of furan rings is 1. The average molecular weight is 305 g/mol. The number of nitrogens with zero attached hydrogens (tertiary/aromatic N) is 1. The van der Waals surface area contributed by atoms with Crippen molar-refractivity contribution in [3.05, 3.63) is 64.9 Å². The minimum Gasteiger partial charge on any atom is -0.459 e. The first-order chi connectivity index (χ1) is 10.2. The Balaban J connectivity index is 2.06. The minimum absolute atomic E-state index is 0.246. The summed E-state index contributed by atoms with van der Waals surface area (Å²) in [6, 6.07) is 8.58. The van der Waals surface area contributed by atoms with E-state index in [2.05, 4.69) is 10.3 Å². The highest BCUT2D eigenvalue weighted by atomic mass is 35.5. The summed E-state index contributed by atoms with van der Waals surface area (Å²) < 4.78 is 19.3. The molecule has 0 saturated carbocycles. The molecule has 0 aliphatic rings. The molecule has 0 saturated heterocycles. The Kier molecular flexibility index (Phi) is 3.90. The van der Waals surface area contributed by atoms with Crippen LogP contribution in [0, 0.1) is 5.82 Å². The third-order valence-corrected chi connectivity index (χ3v) is 3.48. The van der Waals surface area contributed by atoms with Gasteiger partial charge in [-0.05, 0) is 42.4 Å². The first-order valence-corrected chi connectivity index (χ1v) is 7.08. The van der Waals surface area contributed by atoms with Gasteiger partial charge in [-0.1, -0.05) is 18.5 Å². The van der Waals surface area contributed by atoms with E-state index in [1.54, 1.807) is 12.3 Å². The quantitative estimate of drug-likeness (QED) is 0.780. The van der Waals surface area contributed by atoms with E-state index in [1.165, 1.54) is 12.3 Å². The molecule has 3 aromatic rings. The Morgan fingerprint density at radius 1 is 1.29 bits per heavy atom. The van der Waals surface area contributed by atoms with Gasteiger partial charge < -0.3 is 9.73 Å². The summed E-state index contributed by atoms with van der Waals surface area (Å²) in [7, 11) is 0. The number of nitrogens with one attached hydrogen (secondary N) is 1. The number of hydrogen-bond donors (Lipinski definition) is 1. The molecule has 2 aromatic heterocycles. The smallest absolute Gasteiger partial charge is 0.141 e. The molecule has 21 heavy (non-hydrogen) atoms. The lowest BCUT2D eigenvalue weighted by Crippen LogP contribution is -2.21. The van der Waals surface area contributed by atoms with Gasteiger partial charge in [0.1, 0.15) is 17.2 Å². The fourth-order valence-electron chi connectivity index (χ4n) is 2.35. The Hall–Kier alpha value is -1.91. The van der Waals surface area contributed by atoms with Crippen molar-refractivity contribution in [3.8, 4) is 0 Å². The summed E-state index contributed by atoms with van der Waals surface area (Å²) in [6.45, 7) is 2.71. The molecule has 1 aromatic carbocycles. The van der Waals surface area contributed by atoms with E-state index in [0.717, 1.165) is 23.1 Å². The molecule has 108 valence electrons. The van der Waals surface area contributed by atoms with Crippen LogP contribution in [0.25, 0.3) is 11.0 Å². The molecule has 3 rings (SSSR count). The summed E-state index contributed by atoms with van der Waals surface area (Å²) in [4.78, 5) is 3.90. The van der Waals surface area contributed by atoms with Crippen molar-refractivity contribution in [1.82, 2.24) is 10.3 Å². The lowest BCUT2D eigenvalue weighted by Gasteiger charge is -2.15. The first-order valence-electron chi connectivity index (χ1n) is 6.70. The van der Waals surface area contributed by atoms with Gasteiger partial charge in [0.15, 0.2) is 0 Å². The predicted molar refractivity (Wildman–Crippen MR) is 80.9 cm³/mol. The third kappa shape index (κ3) is 2.91. The van der Waals surface area contributed by atoms with Crippen LogP contribution in [0.5, 0.6) is 0 Å². The van der Waals surface area contributed by atoms with E-state index in [-0.39, 0.29) is 11.9 Å². The molecule has 2 heterocycles. The summed E-state index contributed by atoms with van der Waals surface area (Å²) in [5.41, 5.74) is 1.48. The maximum atomic E-state index is 13.4. The van der Waals surface area contributed by atoms with E-state index < -0.39 is 0 Å². The van der Waals surface area contributed by atoms with E-state index in [0.29, 0.717) is 10.8 Å². The van der Waals surface area contributed by atoms with Crippen LogP contribution < -0.4 is 5.32 Å². The molecule has 0 radical (unpaired) electrons. The Morgan fingerprint density at radius 2 is 2.14 bits per heavy atom. The molecular formula is C16H14ClFN2O. The summed E-state index contributed by atoms with van der Waals surface area (Å²) in [6.07, 6.45) is 2.82. The fraction of sp³-hybridized carbons (Fsp3) is 0.188. The van der Waals surface area contributed by atoms with Gasteiger partial charge in [-0.3, -0.25) is 4.98 Å². The maximum Gasteiger partial charge on any atom is 0.141 e. The second-order valence-corrected chi connectivity index (χ2v) is 5.19. The monoisotopic (exact) mass is 304 g/mol. The third-order valence-electron chi connectivity index (χ3n) is 3.25. The number of benzene rings is 1. The molecule has 0 bridgehead atoms. The van der Waals surface area contributed by atoms with Gasteiger partial charge in [0.2, 0.25) is 0 Å². The van der Waals surface area contributed by atoms with Crippen LogP contribution in [0.1, 0.15) is 24.3 Å². The second kappa shape index (κ2) is 5.84. The zero-order chi connectivity index (χ0) is 14.8. The molecule has 0 spiro atoms. The topological polar surface area (TPSA) is 38.1 Å². The maximum absolute atomic E-state index is 13.4. The normalized spacial score (nSPS) is 12.7. The minimum atomic E-state index is -0.366. The van der Waals surface area contributed by atoms with E-state index in [1.807, 2.05) is 25.1 Å². The standard InChI is InChI=1S/C16H14ClFN2O/c1-2-20-16(11-6-13(18)9-19-8-11)15-7-10-5-12(17)3-4-14(10)21-15/h3-9,16,20H,2H2,1H3. The Labute approximate surface area is 126 Å². The summed E-state index contributed by atoms with van der Waals surface area (Å²) in [5, 5.41) is 4.86. The second-order valence-electron chi connectivity index (χ2n) is 4.76. The van der Waals surface area contributed by atoms with Gasteiger partial charge in [0, 0.05) is 16.6 Å². The Morgan fingerprint density at radius 3 is 2.90 bits per heavy atom. The molecule has 0 aliphatic heterocycles. The van der Waals surface area contributed by atoms with Gasteiger partial charge in [-0.15, -0.1) is 0 Å². The highest BCUT2D eigenvalue weighted by Gasteiger charge is 2.18. The van der Waals surface area contributed by atoms with Crippen LogP contribution in [0.4, 0.5) is 4.39 Å². The van der Waals surface area contributed by atoms with Crippen molar-refractivity contribution in [2.45, 2.75) is 13.0 Å². The van der Waals surface area contributed by atoms with E-state index in [9.17, 15) is 4.39 Å². The highest BCUT2D eigenvalue weighted by Crippen LogP contribution is 2.29. The van der Waals surface area contributed by atoms with Gasteiger partial charge in [0.05, 0.1) is 12.2 Å². The Bertz CT molecular complexity index is 772. The zero-order valence-corrected chi connectivity index (χ0v) is 12.2. The lowest BCUT2D eigenvalue weighted by molar-refractivity contribution is 0.474. The SMILES string of the molecule is CCNC(c1cncc(F)c1)c1cc2cc(Cl)ccc2o1. The molecular weight excluding hydrogens is 291 g/mol. The molecule has 0 amide bonds. The molecule has 1 unspecified atom stereocenters. The van der Waals surface area contributed by atoms with Crippen molar-refractivity contribution < 1.29 is 8.81 Å². The van der Waals surface area contributed by atoms with Gasteiger partial charge in [0.25, 0.3) is 0 Å². The number of pyridine rings is 1. The summed E-state index contributed by atoms with van der Waals surface area (Å²) in [5.74, 6) is 0.344. The molecule has 3 nitrogen and oxygen atoms in total. The first kappa shape index (κ1) is 14.0. The number of aromatic nitrogens is 1. The van der Waals surface area contributed by atoms with Gasteiger partial charge >= 0.3 is 0 Å². The van der Waals surface area contributed by atoms with Gasteiger partial charge in [-0.25, -0.2) is 4.39 Å². The molecule has 5 heteroatoms. The van der Waals surface area contributed by atoms with Crippen molar-refractivity contribution in [3.63, 3.8) is 0 Å². The van der Waals surface area contributed by atoms with E-state index in [4.69, 9.17) is 16.0 Å². The molecule has 1 atom stereocenters. The van der Waals surface area contributed by atoms with Crippen LogP contribution in [0.3, 0.4) is 0 Å². The molecule has 0 aliphatic carbocycles. The largest absolute Gasteiger partial charge is 0.459 e.